The maximum atomic E-state index is 5.24. The fourth-order valence-electron chi connectivity index (χ4n) is 1.45. The van der Waals surface area contributed by atoms with Gasteiger partial charge in [-0.1, -0.05) is 19.9 Å². The number of methoxy groups -OCH3 is 1. The molecule has 0 N–H and O–H groups in total. The predicted octanol–water partition coefficient (Wildman–Crippen LogP) is 2.47. The number of pyridine rings is 1. The second kappa shape index (κ2) is 3.33. The summed E-state index contributed by atoms with van der Waals surface area (Å²) in [4.78, 5) is 4.50. The molecule has 2 rings (SSSR count). The van der Waals surface area contributed by atoms with Crippen molar-refractivity contribution in [3.8, 4) is 5.88 Å². The lowest BCUT2D eigenvalue weighted by Crippen LogP contribution is -1.91. The van der Waals surface area contributed by atoms with Crippen molar-refractivity contribution >= 4 is 5.65 Å². The zero-order chi connectivity index (χ0) is 10.1. The number of rotatable bonds is 2. The molecule has 0 aromatic carbocycles. The number of aromatic nitrogens is 2. The molecule has 0 bridgehead atoms. The normalized spacial score (nSPS) is 11.1. The Balaban J connectivity index is 2.64. The average Bonchev–Trinajstić information content (AvgIpc) is 2.60. The van der Waals surface area contributed by atoms with Gasteiger partial charge in [0, 0.05) is 6.20 Å². The number of hydrogen-bond donors (Lipinski definition) is 0. The molecule has 0 radical (unpaired) electrons. The summed E-state index contributed by atoms with van der Waals surface area (Å²) < 4.78 is 7.21. The van der Waals surface area contributed by atoms with E-state index in [0.717, 1.165) is 17.2 Å². The van der Waals surface area contributed by atoms with Crippen LogP contribution in [0.15, 0.2) is 24.4 Å². The largest absolute Gasteiger partial charge is 0.482 e. The molecule has 3 nitrogen and oxygen atoms in total. The highest BCUT2D eigenvalue weighted by Crippen LogP contribution is 2.19. The maximum Gasteiger partial charge on any atom is 0.198 e. The van der Waals surface area contributed by atoms with E-state index in [0.29, 0.717) is 5.92 Å². The number of nitrogens with zero attached hydrogens (tertiary/aromatic N) is 2. The van der Waals surface area contributed by atoms with Crippen molar-refractivity contribution in [3.63, 3.8) is 0 Å². The van der Waals surface area contributed by atoms with Gasteiger partial charge in [-0.05, 0) is 18.1 Å². The molecule has 0 saturated heterocycles. The molecule has 0 atom stereocenters. The van der Waals surface area contributed by atoms with E-state index < -0.39 is 0 Å². The van der Waals surface area contributed by atoms with Crippen molar-refractivity contribution in [2.45, 2.75) is 19.8 Å². The van der Waals surface area contributed by atoms with E-state index in [1.165, 1.54) is 0 Å². The van der Waals surface area contributed by atoms with Crippen molar-refractivity contribution < 1.29 is 4.74 Å². The van der Waals surface area contributed by atoms with E-state index in [4.69, 9.17) is 4.74 Å². The summed E-state index contributed by atoms with van der Waals surface area (Å²) in [5.41, 5.74) is 2.03. The summed E-state index contributed by atoms with van der Waals surface area (Å²) >= 11 is 0. The predicted molar refractivity (Wildman–Crippen MR) is 55.8 cm³/mol. The Morgan fingerprint density at radius 2 is 2.14 bits per heavy atom. The zero-order valence-electron chi connectivity index (χ0n) is 8.69. The Morgan fingerprint density at radius 1 is 1.36 bits per heavy atom. The number of ether oxygens (including phenoxy) is 1. The lowest BCUT2D eigenvalue weighted by atomic mass is 10.2. The quantitative estimate of drug-likeness (QED) is 0.727. The van der Waals surface area contributed by atoms with Gasteiger partial charge in [0.1, 0.15) is 5.65 Å². The van der Waals surface area contributed by atoms with E-state index >= 15 is 0 Å². The van der Waals surface area contributed by atoms with Crippen molar-refractivity contribution in [1.82, 2.24) is 9.38 Å². The first-order chi connectivity index (χ1) is 6.72. The van der Waals surface area contributed by atoms with Crippen molar-refractivity contribution in [3.05, 3.63) is 30.1 Å². The zero-order valence-corrected chi connectivity index (χ0v) is 8.69. The molecule has 74 valence electrons. The van der Waals surface area contributed by atoms with E-state index in [2.05, 4.69) is 18.8 Å². The summed E-state index contributed by atoms with van der Waals surface area (Å²) in [5.74, 6) is 1.27. The molecule has 3 heteroatoms. The van der Waals surface area contributed by atoms with Crippen LogP contribution in [-0.4, -0.2) is 16.5 Å². The summed E-state index contributed by atoms with van der Waals surface area (Å²) in [5, 5.41) is 0. The molecule has 0 aliphatic heterocycles. The van der Waals surface area contributed by atoms with Crippen LogP contribution in [0.5, 0.6) is 5.88 Å². The van der Waals surface area contributed by atoms with Crippen molar-refractivity contribution in [2.75, 3.05) is 7.11 Å². The van der Waals surface area contributed by atoms with Gasteiger partial charge in [-0.15, -0.1) is 0 Å². The second-order valence-corrected chi connectivity index (χ2v) is 3.62. The van der Waals surface area contributed by atoms with Gasteiger partial charge < -0.3 is 4.74 Å². The standard InChI is InChI=1S/C11H14N2O/c1-8(2)9-7-13-10(12-9)5-4-6-11(13)14-3/h4-8H,1-3H3. The second-order valence-electron chi connectivity index (χ2n) is 3.62. The van der Waals surface area contributed by atoms with Crippen molar-refractivity contribution in [2.24, 2.45) is 0 Å². The molecule has 2 aromatic rings. The van der Waals surface area contributed by atoms with Gasteiger partial charge in [-0.3, -0.25) is 4.40 Å². The molecule has 14 heavy (non-hydrogen) atoms. The number of imidazole rings is 1. The fourth-order valence-corrected chi connectivity index (χ4v) is 1.45. The fraction of sp³-hybridized carbons (Fsp3) is 0.364. The van der Waals surface area contributed by atoms with Gasteiger partial charge in [0.25, 0.3) is 0 Å². The molecule has 0 aliphatic carbocycles. The number of fused-ring (bicyclic) bond motifs is 1. The Labute approximate surface area is 83.3 Å². The van der Waals surface area contributed by atoms with Crippen LogP contribution < -0.4 is 4.74 Å². The highest BCUT2D eigenvalue weighted by molar-refractivity contribution is 5.44. The van der Waals surface area contributed by atoms with Crippen LogP contribution >= 0.6 is 0 Å². The van der Waals surface area contributed by atoms with E-state index in [1.54, 1.807) is 7.11 Å². The van der Waals surface area contributed by atoms with Gasteiger partial charge in [0.15, 0.2) is 5.88 Å². The summed E-state index contributed by atoms with van der Waals surface area (Å²) in [6.07, 6.45) is 2.03. The minimum absolute atomic E-state index is 0.444. The molecule has 2 heterocycles. The van der Waals surface area contributed by atoms with Gasteiger partial charge in [-0.2, -0.15) is 0 Å². The smallest absolute Gasteiger partial charge is 0.198 e. The van der Waals surface area contributed by atoms with Gasteiger partial charge >= 0.3 is 0 Å². The average molecular weight is 190 g/mol. The maximum absolute atomic E-state index is 5.24. The SMILES string of the molecule is COc1cccc2nc(C(C)C)cn12. The molecule has 0 fully saturated rings. The van der Waals surface area contributed by atoms with Crippen LogP contribution in [0.1, 0.15) is 25.5 Å². The van der Waals surface area contributed by atoms with Crippen LogP contribution in [0.2, 0.25) is 0 Å². The molecular formula is C11H14N2O. The Morgan fingerprint density at radius 3 is 2.79 bits per heavy atom. The molecule has 0 unspecified atom stereocenters. The van der Waals surface area contributed by atoms with Crippen LogP contribution in [0.4, 0.5) is 0 Å². The molecule has 2 aromatic heterocycles. The minimum Gasteiger partial charge on any atom is -0.482 e. The van der Waals surface area contributed by atoms with Crippen molar-refractivity contribution in [1.29, 1.82) is 0 Å². The summed E-state index contributed by atoms with van der Waals surface area (Å²) in [6.45, 7) is 4.27. The topological polar surface area (TPSA) is 26.5 Å². The molecule has 0 aliphatic rings. The highest BCUT2D eigenvalue weighted by Gasteiger charge is 2.07. The monoisotopic (exact) mass is 190 g/mol. The lowest BCUT2D eigenvalue weighted by molar-refractivity contribution is 0.392. The van der Waals surface area contributed by atoms with Crippen LogP contribution in [0.3, 0.4) is 0 Å². The third-order valence-corrected chi connectivity index (χ3v) is 2.27. The molecule has 0 amide bonds. The first-order valence-electron chi connectivity index (χ1n) is 4.74. The van der Waals surface area contributed by atoms with Crippen LogP contribution in [0, 0.1) is 0 Å². The van der Waals surface area contributed by atoms with Gasteiger partial charge in [0.05, 0.1) is 12.8 Å². The first kappa shape index (κ1) is 9.06. The van der Waals surface area contributed by atoms with E-state index in [-0.39, 0.29) is 0 Å². The lowest BCUT2D eigenvalue weighted by Gasteiger charge is -2.01. The first-order valence-corrected chi connectivity index (χ1v) is 4.74. The van der Waals surface area contributed by atoms with Gasteiger partial charge in [0.2, 0.25) is 0 Å². The Kier molecular flexibility index (Phi) is 2.15. The highest BCUT2D eigenvalue weighted by atomic mass is 16.5. The third-order valence-electron chi connectivity index (χ3n) is 2.27. The van der Waals surface area contributed by atoms with E-state index in [9.17, 15) is 0 Å². The van der Waals surface area contributed by atoms with Gasteiger partial charge in [-0.25, -0.2) is 4.98 Å². The summed E-state index contributed by atoms with van der Waals surface area (Å²) in [7, 11) is 1.67. The van der Waals surface area contributed by atoms with Crippen LogP contribution in [-0.2, 0) is 0 Å². The Hall–Kier alpha value is -1.51. The molecular weight excluding hydrogens is 176 g/mol. The minimum atomic E-state index is 0.444. The van der Waals surface area contributed by atoms with E-state index in [1.807, 2.05) is 28.8 Å². The third kappa shape index (κ3) is 1.35. The molecule has 0 spiro atoms. The summed E-state index contributed by atoms with van der Waals surface area (Å²) in [6, 6.07) is 5.86. The molecule has 0 saturated carbocycles. The Bertz CT molecular complexity index is 445. The number of hydrogen-bond acceptors (Lipinski definition) is 2. The van der Waals surface area contributed by atoms with Crippen LogP contribution in [0.25, 0.3) is 5.65 Å².